The molecule has 0 radical (unpaired) electrons. The van der Waals surface area contributed by atoms with Crippen LogP contribution in [-0.2, 0) is 0 Å². The van der Waals surface area contributed by atoms with Crippen molar-refractivity contribution in [2.75, 3.05) is 5.32 Å². The Bertz CT molecular complexity index is 732. The van der Waals surface area contributed by atoms with E-state index in [0.717, 1.165) is 18.2 Å². The predicted molar refractivity (Wildman–Crippen MR) is 75.8 cm³/mol. The first-order valence-corrected chi connectivity index (χ1v) is 6.03. The van der Waals surface area contributed by atoms with E-state index < -0.39 is 10.8 Å². The van der Waals surface area contributed by atoms with Gasteiger partial charge in [-0.3, -0.25) is 14.9 Å². The first kappa shape index (κ1) is 14.6. The molecule has 0 aliphatic carbocycles. The van der Waals surface area contributed by atoms with E-state index in [9.17, 15) is 25.1 Å². The van der Waals surface area contributed by atoms with Gasteiger partial charge in [-0.25, -0.2) is 0 Å². The summed E-state index contributed by atoms with van der Waals surface area (Å²) in [5, 5.41) is 32.4. The van der Waals surface area contributed by atoms with Gasteiger partial charge in [0, 0.05) is 17.2 Å². The van der Waals surface area contributed by atoms with Crippen molar-refractivity contribution in [2.24, 2.45) is 0 Å². The molecule has 2 aromatic rings. The number of aromatic hydroxyl groups is 2. The molecular formula is C13H9ClN2O5. The highest BCUT2D eigenvalue weighted by molar-refractivity contribution is 6.31. The summed E-state index contributed by atoms with van der Waals surface area (Å²) in [7, 11) is 0. The molecule has 0 saturated carbocycles. The van der Waals surface area contributed by atoms with Gasteiger partial charge in [0.2, 0.25) is 0 Å². The zero-order valence-corrected chi connectivity index (χ0v) is 11.2. The lowest BCUT2D eigenvalue weighted by molar-refractivity contribution is -0.384. The SMILES string of the molecule is O=C(Nc1cc([N+](=O)[O-])ccc1O)c1cc(Cl)ccc1O. The van der Waals surface area contributed by atoms with Gasteiger partial charge in [0.05, 0.1) is 16.2 Å². The van der Waals surface area contributed by atoms with Gasteiger partial charge in [-0.05, 0) is 24.3 Å². The number of nitrogens with one attached hydrogen (secondary N) is 1. The number of carbonyl (C=O) groups excluding carboxylic acids is 1. The van der Waals surface area contributed by atoms with Crippen LogP contribution < -0.4 is 5.32 Å². The molecule has 0 unspecified atom stereocenters. The largest absolute Gasteiger partial charge is 0.507 e. The molecule has 0 fully saturated rings. The minimum atomic E-state index is -0.759. The average molecular weight is 309 g/mol. The molecule has 0 aliphatic rings. The highest BCUT2D eigenvalue weighted by Crippen LogP contribution is 2.29. The third kappa shape index (κ3) is 3.21. The first-order valence-electron chi connectivity index (χ1n) is 5.66. The van der Waals surface area contributed by atoms with Crippen LogP contribution in [0.1, 0.15) is 10.4 Å². The summed E-state index contributed by atoms with van der Waals surface area (Å²) in [4.78, 5) is 22.0. The zero-order chi connectivity index (χ0) is 15.6. The normalized spacial score (nSPS) is 10.1. The fourth-order valence-electron chi connectivity index (χ4n) is 1.62. The van der Waals surface area contributed by atoms with E-state index in [1.807, 2.05) is 0 Å². The Balaban J connectivity index is 2.33. The minimum absolute atomic E-state index is 0.117. The van der Waals surface area contributed by atoms with Gasteiger partial charge in [0.15, 0.2) is 0 Å². The number of hydrogen-bond donors (Lipinski definition) is 3. The van der Waals surface area contributed by atoms with Crippen LogP contribution in [0.3, 0.4) is 0 Å². The molecular weight excluding hydrogens is 300 g/mol. The van der Waals surface area contributed by atoms with Crippen LogP contribution >= 0.6 is 11.6 Å². The number of nitro groups is 1. The summed E-state index contributed by atoms with van der Waals surface area (Å²) in [6.45, 7) is 0. The van der Waals surface area contributed by atoms with Crippen LogP contribution in [0.25, 0.3) is 0 Å². The summed E-state index contributed by atoms with van der Waals surface area (Å²) >= 11 is 5.73. The molecule has 0 spiro atoms. The minimum Gasteiger partial charge on any atom is -0.507 e. The van der Waals surface area contributed by atoms with Crippen molar-refractivity contribution in [1.82, 2.24) is 0 Å². The number of benzene rings is 2. The fourth-order valence-corrected chi connectivity index (χ4v) is 1.79. The molecule has 2 aromatic carbocycles. The van der Waals surface area contributed by atoms with Crippen molar-refractivity contribution in [3.63, 3.8) is 0 Å². The molecule has 0 bridgehead atoms. The number of non-ortho nitro benzene ring substituents is 1. The number of amides is 1. The van der Waals surface area contributed by atoms with Crippen molar-refractivity contribution in [1.29, 1.82) is 0 Å². The Hall–Kier alpha value is -2.80. The van der Waals surface area contributed by atoms with Crippen molar-refractivity contribution < 1.29 is 19.9 Å². The number of phenolic OH excluding ortho intramolecular Hbond substituents is 2. The average Bonchev–Trinajstić information content (AvgIpc) is 2.43. The maximum Gasteiger partial charge on any atom is 0.271 e. The van der Waals surface area contributed by atoms with Gasteiger partial charge in [-0.15, -0.1) is 0 Å². The molecule has 3 N–H and O–H groups in total. The summed E-state index contributed by atoms with van der Waals surface area (Å²) in [5.41, 5.74) is -0.555. The highest BCUT2D eigenvalue weighted by Gasteiger charge is 2.16. The smallest absolute Gasteiger partial charge is 0.271 e. The van der Waals surface area contributed by atoms with Crippen molar-refractivity contribution in [3.05, 3.63) is 57.1 Å². The van der Waals surface area contributed by atoms with Crippen LogP contribution in [0.4, 0.5) is 11.4 Å². The van der Waals surface area contributed by atoms with Crippen molar-refractivity contribution in [3.8, 4) is 11.5 Å². The Morgan fingerprint density at radius 1 is 1.14 bits per heavy atom. The number of hydrogen-bond acceptors (Lipinski definition) is 5. The Labute approximate surface area is 123 Å². The van der Waals surface area contributed by atoms with Gasteiger partial charge in [0.1, 0.15) is 11.5 Å². The van der Waals surface area contributed by atoms with Gasteiger partial charge in [-0.1, -0.05) is 11.6 Å². The van der Waals surface area contributed by atoms with E-state index >= 15 is 0 Å². The van der Waals surface area contributed by atoms with Gasteiger partial charge in [-0.2, -0.15) is 0 Å². The lowest BCUT2D eigenvalue weighted by atomic mass is 10.1. The lowest BCUT2D eigenvalue weighted by Gasteiger charge is -2.08. The van der Waals surface area contributed by atoms with Gasteiger partial charge >= 0.3 is 0 Å². The van der Waals surface area contributed by atoms with E-state index in [1.165, 1.54) is 18.2 Å². The maximum absolute atomic E-state index is 12.0. The fraction of sp³-hybridized carbons (Fsp3) is 0. The van der Waals surface area contributed by atoms with E-state index in [1.54, 1.807) is 0 Å². The number of halogens is 1. The van der Waals surface area contributed by atoms with Gasteiger partial charge < -0.3 is 15.5 Å². The Kier molecular flexibility index (Phi) is 3.95. The number of nitro benzene ring substituents is 1. The molecule has 0 heterocycles. The van der Waals surface area contributed by atoms with Crippen LogP contribution in [0, 0.1) is 10.1 Å². The summed E-state index contributed by atoms with van der Waals surface area (Å²) in [5.74, 6) is -1.40. The highest BCUT2D eigenvalue weighted by atomic mass is 35.5. The third-order valence-corrected chi connectivity index (χ3v) is 2.88. The second kappa shape index (κ2) is 5.68. The molecule has 7 nitrogen and oxygen atoms in total. The lowest BCUT2D eigenvalue weighted by Crippen LogP contribution is -2.12. The maximum atomic E-state index is 12.0. The molecule has 1 amide bonds. The van der Waals surface area contributed by atoms with E-state index in [-0.39, 0.29) is 33.5 Å². The number of anilines is 1. The van der Waals surface area contributed by atoms with Crippen LogP contribution in [0.2, 0.25) is 5.02 Å². The molecule has 2 rings (SSSR count). The Morgan fingerprint density at radius 3 is 2.48 bits per heavy atom. The van der Waals surface area contributed by atoms with Crippen LogP contribution in [-0.4, -0.2) is 21.0 Å². The molecule has 0 atom stereocenters. The zero-order valence-electron chi connectivity index (χ0n) is 10.4. The first-order chi connectivity index (χ1) is 9.88. The molecule has 0 aliphatic heterocycles. The monoisotopic (exact) mass is 308 g/mol. The molecule has 0 saturated heterocycles. The van der Waals surface area contributed by atoms with E-state index in [0.29, 0.717) is 0 Å². The molecule has 108 valence electrons. The Morgan fingerprint density at radius 2 is 1.81 bits per heavy atom. The second-order valence-electron chi connectivity index (χ2n) is 4.07. The predicted octanol–water partition coefficient (Wildman–Crippen LogP) is 2.91. The molecule has 21 heavy (non-hydrogen) atoms. The molecule has 0 aromatic heterocycles. The second-order valence-corrected chi connectivity index (χ2v) is 4.51. The third-order valence-electron chi connectivity index (χ3n) is 2.64. The molecule has 8 heteroatoms. The van der Waals surface area contributed by atoms with E-state index in [2.05, 4.69) is 5.32 Å². The summed E-state index contributed by atoms with van der Waals surface area (Å²) < 4.78 is 0. The van der Waals surface area contributed by atoms with Crippen molar-refractivity contribution >= 4 is 28.9 Å². The van der Waals surface area contributed by atoms with Gasteiger partial charge in [0.25, 0.3) is 11.6 Å². The van der Waals surface area contributed by atoms with Crippen LogP contribution in [0.5, 0.6) is 11.5 Å². The summed E-state index contributed by atoms with van der Waals surface area (Å²) in [6.07, 6.45) is 0. The topological polar surface area (TPSA) is 113 Å². The number of phenols is 2. The quantitative estimate of drug-likeness (QED) is 0.458. The number of nitrogens with zero attached hydrogens (tertiary/aromatic N) is 1. The number of rotatable bonds is 3. The summed E-state index contributed by atoms with van der Waals surface area (Å²) in [6, 6.07) is 7.08. The van der Waals surface area contributed by atoms with Crippen LogP contribution in [0.15, 0.2) is 36.4 Å². The van der Waals surface area contributed by atoms with E-state index in [4.69, 9.17) is 11.6 Å². The van der Waals surface area contributed by atoms with Crippen molar-refractivity contribution in [2.45, 2.75) is 0 Å². The number of carbonyl (C=O) groups is 1. The standard InChI is InChI=1S/C13H9ClN2O5/c14-7-1-3-11(17)9(5-7)13(19)15-10-6-8(16(20)21)2-4-12(10)18/h1-6,17-18H,(H,15,19).